The molecule has 2 aliphatic heterocycles. The van der Waals surface area contributed by atoms with Gasteiger partial charge < -0.3 is 10.2 Å². The lowest BCUT2D eigenvalue weighted by Crippen LogP contribution is -2.58. The zero-order chi connectivity index (χ0) is 23.9. The lowest BCUT2D eigenvalue weighted by Gasteiger charge is -2.43. The summed E-state index contributed by atoms with van der Waals surface area (Å²) in [5.74, 6) is 0.273. The van der Waals surface area contributed by atoms with Crippen molar-refractivity contribution >= 4 is 11.8 Å². The highest BCUT2D eigenvalue weighted by molar-refractivity contribution is 5.83. The Bertz CT molecular complexity index is 936. The van der Waals surface area contributed by atoms with Gasteiger partial charge in [-0.25, -0.2) is 0 Å². The number of carbonyl (C=O) groups excluding carboxylic acids is 2. The van der Waals surface area contributed by atoms with Crippen LogP contribution in [0.3, 0.4) is 0 Å². The van der Waals surface area contributed by atoms with Crippen molar-refractivity contribution in [2.45, 2.75) is 57.3 Å². The maximum absolute atomic E-state index is 13.8. The first-order chi connectivity index (χ1) is 16.5. The molecule has 0 spiro atoms. The maximum atomic E-state index is 13.8. The number of carbonyl (C=O) groups is 2. The molecule has 2 fully saturated rings. The maximum Gasteiger partial charge on any atom is 0.240 e. The SMILES string of the molecule is CCC(=O)N[C@H]1C[C@H](C(=O)N2CCN(Cc3ccccc3)C[C@H]2CCc2ccccc2)N(C)C1. The first-order valence-corrected chi connectivity index (χ1v) is 12.6. The van der Waals surface area contributed by atoms with Crippen LogP contribution < -0.4 is 5.32 Å². The number of nitrogens with zero attached hydrogens (tertiary/aromatic N) is 3. The Balaban J connectivity index is 1.44. The predicted molar refractivity (Wildman–Crippen MR) is 135 cm³/mol. The van der Waals surface area contributed by atoms with E-state index in [-0.39, 0.29) is 29.9 Å². The van der Waals surface area contributed by atoms with Gasteiger partial charge in [-0.1, -0.05) is 67.6 Å². The van der Waals surface area contributed by atoms with E-state index in [2.05, 4.69) is 74.6 Å². The van der Waals surface area contributed by atoms with Crippen molar-refractivity contribution in [2.24, 2.45) is 0 Å². The van der Waals surface area contributed by atoms with Crippen LogP contribution in [0.2, 0.25) is 0 Å². The molecule has 182 valence electrons. The summed E-state index contributed by atoms with van der Waals surface area (Å²) < 4.78 is 0. The summed E-state index contributed by atoms with van der Waals surface area (Å²) in [6.07, 6.45) is 3.08. The summed E-state index contributed by atoms with van der Waals surface area (Å²) in [6.45, 7) is 6.03. The van der Waals surface area contributed by atoms with Gasteiger partial charge in [-0.05, 0) is 37.4 Å². The smallest absolute Gasteiger partial charge is 0.240 e. The minimum absolute atomic E-state index is 0.0496. The summed E-state index contributed by atoms with van der Waals surface area (Å²) in [4.78, 5) is 32.4. The van der Waals surface area contributed by atoms with Gasteiger partial charge in [0.1, 0.15) is 0 Å². The van der Waals surface area contributed by atoms with Gasteiger partial charge in [-0.2, -0.15) is 0 Å². The molecule has 2 heterocycles. The fraction of sp³-hybridized carbons (Fsp3) is 0.500. The second kappa shape index (κ2) is 11.6. The summed E-state index contributed by atoms with van der Waals surface area (Å²) in [5, 5.41) is 3.08. The third kappa shape index (κ3) is 6.24. The Hall–Kier alpha value is -2.70. The number of likely N-dealkylation sites (N-methyl/N-ethyl adjacent to an activating group) is 1. The molecular weight excluding hydrogens is 424 g/mol. The molecule has 6 nitrogen and oxygen atoms in total. The topological polar surface area (TPSA) is 55.9 Å². The predicted octanol–water partition coefficient (Wildman–Crippen LogP) is 2.93. The molecule has 34 heavy (non-hydrogen) atoms. The molecule has 0 aliphatic carbocycles. The highest BCUT2D eigenvalue weighted by Crippen LogP contribution is 2.24. The van der Waals surface area contributed by atoms with Crippen molar-refractivity contribution in [1.82, 2.24) is 20.0 Å². The molecule has 6 heteroatoms. The molecule has 0 radical (unpaired) electrons. The number of amides is 2. The largest absolute Gasteiger partial charge is 0.352 e. The van der Waals surface area contributed by atoms with Gasteiger partial charge in [0.2, 0.25) is 11.8 Å². The molecule has 2 aliphatic rings. The van der Waals surface area contributed by atoms with E-state index < -0.39 is 0 Å². The zero-order valence-corrected chi connectivity index (χ0v) is 20.5. The minimum atomic E-state index is -0.165. The van der Waals surface area contributed by atoms with Gasteiger partial charge in [0.15, 0.2) is 0 Å². The summed E-state index contributed by atoms with van der Waals surface area (Å²) in [7, 11) is 2.01. The van der Waals surface area contributed by atoms with Crippen LogP contribution in [0.1, 0.15) is 37.3 Å². The molecule has 2 aromatic carbocycles. The molecule has 4 rings (SSSR count). The van der Waals surface area contributed by atoms with Crippen LogP contribution in [0.5, 0.6) is 0 Å². The lowest BCUT2D eigenvalue weighted by atomic mass is 10.00. The molecule has 0 aromatic heterocycles. The monoisotopic (exact) mass is 462 g/mol. The van der Waals surface area contributed by atoms with Crippen molar-refractivity contribution in [1.29, 1.82) is 0 Å². The number of hydrogen-bond donors (Lipinski definition) is 1. The number of nitrogens with one attached hydrogen (secondary N) is 1. The molecule has 0 bridgehead atoms. The van der Waals surface area contributed by atoms with Crippen LogP contribution in [0.25, 0.3) is 0 Å². The van der Waals surface area contributed by atoms with Gasteiger partial charge >= 0.3 is 0 Å². The van der Waals surface area contributed by atoms with E-state index >= 15 is 0 Å². The van der Waals surface area contributed by atoms with E-state index in [1.165, 1.54) is 11.1 Å². The van der Waals surface area contributed by atoms with Crippen LogP contribution in [-0.4, -0.2) is 77.9 Å². The Morgan fingerprint density at radius 2 is 1.62 bits per heavy atom. The average molecular weight is 463 g/mol. The normalized spacial score (nSPS) is 23.7. The summed E-state index contributed by atoms with van der Waals surface area (Å²) in [6, 6.07) is 21.2. The number of aryl methyl sites for hydroxylation is 1. The van der Waals surface area contributed by atoms with Crippen LogP contribution in [0.4, 0.5) is 0 Å². The third-order valence-corrected chi connectivity index (χ3v) is 7.23. The highest BCUT2D eigenvalue weighted by atomic mass is 16.2. The molecule has 2 amide bonds. The summed E-state index contributed by atoms with van der Waals surface area (Å²) >= 11 is 0. The van der Waals surface area contributed by atoms with E-state index in [1.54, 1.807) is 0 Å². The van der Waals surface area contributed by atoms with Crippen LogP contribution in [-0.2, 0) is 22.6 Å². The van der Waals surface area contributed by atoms with Crippen molar-refractivity contribution in [3.05, 3.63) is 71.8 Å². The second-order valence-corrected chi connectivity index (χ2v) is 9.74. The van der Waals surface area contributed by atoms with Crippen LogP contribution in [0.15, 0.2) is 60.7 Å². The Morgan fingerprint density at radius 3 is 2.29 bits per heavy atom. The minimum Gasteiger partial charge on any atom is -0.352 e. The van der Waals surface area contributed by atoms with Gasteiger partial charge in [0.25, 0.3) is 0 Å². The van der Waals surface area contributed by atoms with Gasteiger partial charge in [0.05, 0.1) is 6.04 Å². The molecule has 2 saturated heterocycles. The van der Waals surface area contributed by atoms with Crippen LogP contribution >= 0.6 is 0 Å². The van der Waals surface area contributed by atoms with E-state index in [0.29, 0.717) is 12.8 Å². The fourth-order valence-electron chi connectivity index (χ4n) is 5.33. The third-order valence-electron chi connectivity index (χ3n) is 7.23. The number of piperazine rings is 1. The molecule has 1 N–H and O–H groups in total. The van der Waals surface area contributed by atoms with E-state index in [9.17, 15) is 9.59 Å². The zero-order valence-electron chi connectivity index (χ0n) is 20.5. The van der Waals surface area contributed by atoms with Gasteiger partial charge in [-0.3, -0.25) is 19.4 Å². The first kappa shape index (κ1) is 24.4. The summed E-state index contributed by atoms with van der Waals surface area (Å²) in [5.41, 5.74) is 2.63. The number of hydrogen-bond acceptors (Lipinski definition) is 4. The van der Waals surface area contributed by atoms with Crippen molar-refractivity contribution in [3.63, 3.8) is 0 Å². The molecular formula is C28H38N4O2. The fourth-order valence-corrected chi connectivity index (χ4v) is 5.33. The number of likely N-dealkylation sites (tertiary alicyclic amines) is 1. The number of benzene rings is 2. The highest BCUT2D eigenvalue weighted by Gasteiger charge is 2.40. The lowest BCUT2D eigenvalue weighted by molar-refractivity contribution is -0.141. The van der Waals surface area contributed by atoms with Crippen molar-refractivity contribution < 1.29 is 9.59 Å². The van der Waals surface area contributed by atoms with Crippen molar-refractivity contribution in [3.8, 4) is 0 Å². The van der Waals surface area contributed by atoms with Crippen LogP contribution in [0, 0.1) is 0 Å². The van der Waals surface area contributed by atoms with Gasteiger partial charge in [0, 0.05) is 51.2 Å². The Morgan fingerprint density at radius 1 is 0.941 bits per heavy atom. The Kier molecular flexibility index (Phi) is 8.35. The standard InChI is InChI=1S/C28H38N4O2/c1-3-27(33)29-24-18-26(30(2)20-24)28(34)32-17-16-31(19-23-12-8-5-9-13-23)21-25(32)15-14-22-10-6-4-7-11-22/h4-13,24-26H,3,14-21H2,1-2H3,(H,29,33)/t24-,25+,26+/m0/s1. The van der Waals surface area contributed by atoms with Crippen molar-refractivity contribution in [2.75, 3.05) is 33.2 Å². The van der Waals surface area contributed by atoms with E-state index in [0.717, 1.165) is 45.6 Å². The molecule has 3 atom stereocenters. The van der Waals surface area contributed by atoms with Gasteiger partial charge in [-0.15, -0.1) is 0 Å². The number of rotatable bonds is 8. The second-order valence-electron chi connectivity index (χ2n) is 9.74. The molecule has 2 aromatic rings. The quantitative estimate of drug-likeness (QED) is 0.656. The van der Waals surface area contributed by atoms with E-state index in [1.807, 2.05) is 20.0 Å². The first-order valence-electron chi connectivity index (χ1n) is 12.6. The Labute approximate surface area is 203 Å². The van der Waals surface area contributed by atoms with E-state index in [4.69, 9.17) is 0 Å². The molecule has 0 saturated carbocycles. The average Bonchev–Trinajstić information content (AvgIpc) is 3.23. The molecule has 0 unspecified atom stereocenters.